The number of allylic oxidation sites excluding steroid dienone is 1. The third kappa shape index (κ3) is 5.04. The number of hydrogen-bond donors (Lipinski definition) is 2. The van der Waals surface area contributed by atoms with Crippen LogP contribution in [0.1, 0.15) is 42.0 Å². The second kappa shape index (κ2) is 9.84. The van der Waals surface area contributed by atoms with Crippen LogP contribution in [0.25, 0.3) is 28.1 Å². The molecule has 2 N–H and O–H groups in total. The first kappa shape index (κ1) is 22.5. The Morgan fingerprint density at radius 2 is 1.85 bits per heavy atom. The van der Waals surface area contributed by atoms with Gasteiger partial charge in [0.15, 0.2) is 0 Å². The molecular weight excluding hydrogens is 439 g/mol. The Morgan fingerprint density at radius 3 is 2.55 bits per heavy atom. The van der Waals surface area contributed by atoms with Crippen LogP contribution in [0.2, 0.25) is 5.02 Å². The minimum atomic E-state index is -0.996. The molecule has 4 nitrogen and oxygen atoms in total. The Morgan fingerprint density at radius 1 is 1.09 bits per heavy atom. The highest BCUT2D eigenvalue weighted by Crippen LogP contribution is 2.38. The Balaban J connectivity index is 1.95. The Labute approximate surface area is 196 Å². The molecule has 0 fully saturated rings. The summed E-state index contributed by atoms with van der Waals surface area (Å²) in [5.41, 5.74) is 6.45. The summed E-state index contributed by atoms with van der Waals surface area (Å²) in [5.74, 6) is -1.38. The zero-order valence-corrected chi connectivity index (χ0v) is 18.7. The number of fused-ring (bicyclic) bond motifs is 1. The van der Waals surface area contributed by atoms with E-state index in [2.05, 4.69) is 23.2 Å². The van der Waals surface area contributed by atoms with Crippen LogP contribution < -0.4 is 0 Å². The van der Waals surface area contributed by atoms with Crippen molar-refractivity contribution >= 4 is 45.7 Å². The predicted octanol–water partition coefficient (Wildman–Crippen LogP) is 7.21. The number of carbonyl (C=O) groups is 1. The molecule has 0 aliphatic rings. The lowest BCUT2D eigenvalue weighted by Crippen LogP contribution is -1.97. The lowest BCUT2D eigenvalue weighted by molar-refractivity contribution is -0.131. The van der Waals surface area contributed by atoms with Gasteiger partial charge in [0.05, 0.1) is 16.7 Å². The van der Waals surface area contributed by atoms with Crippen molar-refractivity contribution in [1.29, 1.82) is 0 Å². The van der Waals surface area contributed by atoms with E-state index in [1.54, 1.807) is 18.3 Å². The highest BCUT2D eigenvalue weighted by molar-refractivity contribution is 6.32. The number of aromatic amines is 1. The van der Waals surface area contributed by atoms with E-state index >= 15 is 0 Å². The predicted molar refractivity (Wildman–Crippen MR) is 131 cm³/mol. The smallest absolute Gasteiger partial charge is 0.328 e. The van der Waals surface area contributed by atoms with Crippen LogP contribution in [0.4, 0.5) is 4.39 Å². The number of benzene rings is 3. The summed E-state index contributed by atoms with van der Waals surface area (Å²) in [6.07, 6.45) is 6.06. The van der Waals surface area contributed by atoms with Crippen molar-refractivity contribution in [2.75, 3.05) is 0 Å². The lowest BCUT2D eigenvalue weighted by Gasteiger charge is -2.18. The molecule has 0 aliphatic heterocycles. The van der Waals surface area contributed by atoms with E-state index in [9.17, 15) is 9.18 Å². The average molecular weight is 461 g/mol. The summed E-state index contributed by atoms with van der Waals surface area (Å²) in [6, 6.07) is 18.2. The van der Waals surface area contributed by atoms with Gasteiger partial charge in [-0.05, 0) is 70.2 Å². The molecule has 166 valence electrons. The van der Waals surface area contributed by atoms with Crippen LogP contribution in [0.15, 0.2) is 72.9 Å². The summed E-state index contributed by atoms with van der Waals surface area (Å²) in [4.78, 5) is 10.9. The fourth-order valence-electron chi connectivity index (χ4n) is 3.92. The molecule has 33 heavy (non-hydrogen) atoms. The maximum absolute atomic E-state index is 13.8. The van der Waals surface area contributed by atoms with Crippen molar-refractivity contribution < 1.29 is 14.3 Å². The zero-order valence-electron chi connectivity index (χ0n) is 18.0. The topological polar surface area (TPSA) is 66.0 Å². The van der Waals surface area contributed by atoms with Gasteiger partial charge in [0.25, 0.3) is 0 Å². The number of carboxylic acids is 1. The molecule has 0 amide bonds. The number of aromatic nitrogens is 2. The van der Waals surface area contributed by atoms with Crippen LogP contribution in [0.5, 0.6) is 0 Å². The number of aliphatic carboxylic acids is 1. The molecule has 0 spiro atoms. The molecule has 1 aromatic heterocycles. The van der Waals surface area contributed by atoms with Gasteiger partial charge in [0.2, 0.25) is 0 Å². The third-order valence-corrected chi connectivity index (χ3v) is 5.72. The van der Waals surface area contributed by atoms with E-state index in [1.807, 2.05) is 36.4 Å². The van der Waals surface area contributed by atoms with E-state index in [0.29, 0.717) is 5.02 Å². The first-order valence-corrected chi connectivity index (χ1v) is 11.0. The minimum absolute atomic E-state index is 0.362. The first-order valence-electron chi connectivity index (χ1n) is 10.6. The van der Waals surface area contributed by atoms with Crippen molar-refractivity contribution in [3.8, 4) is 0 Å². The highest BCUT2D eigenvalue weighted by Gasteiger charge is 2.17. The number of halogens is 2. The van der Waals surface area contributed by atoms with Gasteiger partial charge in [-0.25, -0.2) is 9.18 Å². The van der Waals surface area contributed by atoms with E-state index in [-0.39, 0.29) is 5.82 Å². The van der Waals surface area contributed by atoms with Gasteiger partial charge in [-0.3, -0.25) is 5.10 Å². The Bertz CT molecular complexity index is 1370. The number of nitrogens with zero attached hydrogens (tertiary/aromatic N) is 1. The number of rotatable bonds is 7. The molecule has 0 unspecified atom stereocenters. The minimum Gasteiger partial charge on any atom is -0.478 e. The van der Waals surface area contributed by atoms with Gasteiger partial charge in [0.1, 0.15) is 5.82 Å². The molecule has 0 bridgehead atoms. The molecule has 0 radical (unpaired) electrons. The molecule has 0 aliphatic carbocycles. The Hall–Kier alpha value is -3.70. The molecule has 4 rings (SSSR count). The molecule has 0 saturated heterocycles. The molecule has 0 saturated carbocycles. The number of nitrogens with one attached hydrogen (secondary N) is 1. The number of hydrogen-bond acceptors (Lipinski definition) is 2. The van der Waals surface area contributed by atoms with Gasteiger partial charge >= 0.3 is 5.97 Å². The standard InChI is InChI=1S/C27H22ClFN2O2/c1-2-3-23(22-11-10-21(29)15-24(22)28)27(19-9-12-25-20(14-19)16-30-31-25)18-7-4-17(5-8-18)6-13-26(32)33/h4-16H,2-3H2,1H3,(H,30,31)(H,32,33)/b13-6+,27-23+. The molecule has 6 heteroatoms. The normalized spacial score (nSPS) is 12.3. The maximum atomic E-state index is 13.8. The number of H-pyrrole nitrogens is 1. The van der Waals surface area contributed by atoms with Crippen molar-refractivity contribution in [2.45, 2.75) is 19.8 Å². The zero-order chi connectivity index (χ0) is 23.4. The van der Waals surface area contributed by atoms with Crippen molar-refractivity contribution in [3.05, 3.63) is 106 Å². The van der Waals surface area contributed by atoms with Gasteiger partial charge in [-0.2, -0.15) is 5.10 Å². The van der Waals surface area contributed by atoms with E-state index < -0.39 is 5.97 Å². The molecule has 0 atom stereocenters. The van der Waals surface area contributed by atoms with Crippen LogP contribution in [-0.2, 0) is 4.79 Å². The summed E-state index contributed by atoms with van der Waals surface area (Å²) >= 11 is 6.50. The van der Waals surface area contributed by atoms with Crippen molar-refractivity contribution in [1.82, 2.24) is 10.2 Å². The van der Waals surface area contributed by atoms with Crippen LogP contribution in [-0.4, -0.2) is 21.3 Å². The fourth-order valence-corrected chi connectivity index (χ4v) is 4.20. The Kier molecular flexibility index (Phi) is 6.71. The van der Waals surface area contributed by atoms with E-state index in [0.717, 1.165) is 63.2 Å². The second-order valence-corrected chi connectivity index (χ2v) is 8.10. The first-order chi connectivity index (χ1) is 16.0. The van der Waals surface area contributed by atoms with Gasteiger partial charge in [-0.15, -0.1) is 0 Å². The molecular formula is C27H22ClFN2O2. The summed E-state index contributed by atoms with van der Waals surface area (Å²) in [7, 11) is 0. The van der Waals surface area contributed by atoms with Gasteiger partial charge in [-0.1, -0.05) is 61.3 Å². The summed E-state index contributed by atoms with van der Waals surface area (Å²) < 4.78 is 13.8. The maximum Gasteiger partial charge on any atom is 0.328 e. The monoisotopic (exact) mass is 460 g/mol. The molecule has 1 heterocycles. The highest BCUT2D eigenvalue weighted by atomic mass is 35.5. The largest absolute Gasteiger partial charge is 0.478 e. The van der Waals surface area contributed by atoms with Crippen LogP contribution in [0, 0.1) is 5.82 Å². The average Bonchev–Trinajstić information content (AvgIpc) is 3.26. The third-order valence-electron chi connectivity index (χ3n) is 5.40. The van der Waals surface area contributed by atoms with Crippen molar-refractivity contribution in [2.24, 2.45) is 0 Å². The summed E-state index contributed by atoms with van der Waals surface area (Å²) in [6.45, 7) is 2.09. The van der Waals surface area contributed by atoms with Gasteiger partial charge < -0.3 is 5.11 Å². The quantitative estimate of drug-likeness (QED) is 0.226. The fraction of sp³-hybridized carbons (Fsp3) is 0.111. The van der Waals surface area contributed by atoms with Gasteiger partial charge in [0, 0.05) is 11.5 Å². The SMILES string of the molecule is CCC/C(=C(/c1ccc(/C=C/C(=O)O)cc1)c1ccc2[nH]ncc2c1)c1ccc(F)cc1Cl. The van der Waals surface area contributed by atoms with E-state index in [4.69, 9.17) is 16.7 Å². The van der Waals surface area contributed by atoms with Crippen molar-refractivity contribution in [3.63, 3.8) is 0 Å². The summed E-state index contributed by atoms with van der Waals surface area (Å²) in [5, 5.41) is 17.3. The second-order valence-electron chi connectivity index (χ2n) is 7.69. The van der Waals surface area contributed by atoms with Crippen LogP contribution >= 0.6 is 11.6 Å². The number of carboxylic acid groups (broad SMARTS) is 1. The lowest BCUT2D eigenvalue weighted by atomic mass is 9.86. The van der Waals surface area contributed by atoms with E-state index in [1.165, 1.54) is 12.1 Å². The molecule has 4 aromatic rings. The molecule has 3 aromatic carbocycles. The van der Waals surface area contributed by atoms with Crippen LogP contribution in [0.3, 0.4) is 0 Å².